The minimum Gasteiger partial charge on any atom is -0.464 e. The molecule has 2 aliphatic carbocycles. The number of fused-ring (bicyclic) bond motifs is 4. The lowest BCUT2D eigenvalue weighted by molar-refractivity contribution is -0.150. The molecule has 2 aromatic carbocycles. The maximum absolute atomic E-state index is 13.4. The van der Waals surface area contributed by atoms with Gasteiger partial charge in [-0.2, -0.15) is 0 Å². The Morgan fingerprint density at radius 3 is 2.24 bits per heavy atom. The Morgan fingerprint density at radius 2 is 1.58 bits per heavy atom. The van der Waals surface area contributed by atoms with Crippen molar-refractivity contribution >= 4 is 12.1 Å². The first-order valence-corrected chi connectivity index (χ1v) is 12.3. The first-order chi connectivity index (χ1) is 16.0. The highest BCUT2D eigenvalue weighted by molar-refractivity contribution is 5.83. The van der Waals surface area contributed by atoms with Gasteiger partial charge in [0.1, 0.15) is 12.6 Å². The fourth-order valence-corrected chi connectivity index (χ4v) is 5.95. The van der Waals surface area contributed by atoms with Crippen molar-refractivity contribution in [1.82, 2.24) is 4.90 Å². The summed E-state index contributed by atoms with van der Waals surface area (Å²) in [5, 5.41) is 0. The van der Waals surface area contributed by atoms with Crippen molar-refractivity contribution in [3.8, 4) is 11.1 Å². The molecule has 5 heteroatoms. The molecule has 1 saturated heterocycles. The van der Waals surface area contributed by atoms with Crippen LogP contribution in [0, 0.1) is 11.8 Å². The number of ether oxygens (including phenoxy) is 2. The minimum atomic E-state index is -0.535. The lowest BCUT2D eigenvalue weighted by Gasteiger charge is -2.33. The van der Waals surface area contributed by atoms with Crippen LogP contribution in [0.2, 0.25) is 0 Å². The molecule has 2 fully saturated rings. The molecule has 0 N–H and O–H groups in total. The van der Waals surface area contributed by atoms with E-state index in [0.717, 1.165) is 25.7 Å². The van der Waals surface area contributed by atoms with Gasteiger partial charge in [-0.25, -0.2) is 9.59 Å². The number of hydrogen-bond donors (Lipinski definition) is 0. The second kappa shape index (κ2) is 9.20. The summed E-state index contributed by atoms with van der Waals surface area (Å²) in [4.78, 5) is 28.1. The van der Waals surface area contributed by atoms with Gasteiger partial charge in [-0.05, 0) is 53.4 Å². The number of nitrogens with zero attached hydrogens (tertiary/aromatic N) is 1. The Bertz CT molecular complexity index is 987. The fourth-order valence-electron chi connectivity index (χ4n) is 5.95. The van der Waals surface area contributed by atoms with Crippen LogP contribution in [0.3, 0.4) is 0 Å². The van der Waals surface area contributed by atoms with Crippen molar-refractivity contribution in [3.63, 3.8) is 0 Å². The van der Waals surface area contributed by atoms with Crippen LogP contribution in [0.1, 0.15) is 63.0 Å². The van der Waals surface area contributed by atoms with Crippen LogP contribution < -0.4 is 0 Å². The van der Waals surface area contributed by atoms with Crippen molar-refractivity contribution < 1.29 is 19.1 Å². The third-order valence-electron chi connectivity index (χ3n) is 7.47. The number of amides is 1. The Morgan fingerprint density at radius 1 is 0.939 bits per heavy atom. The van der Waals surface area contributed by atoms with E-state index in [9.17, 15) is 9.59 Å². The summed E-state index contributed by atoms with van der Waals surface area (Å²) in [6.45, 7) is 4.69. The summed E-state index contributed by atoms with van der Waals surface area (Å²) in [7, 11) is 0. The predicted molar refractivity (Wildman–Crippen MR) is 127 cm³/mol. The molecule has 1 heterocycles. The number of carbonyl (C=O) groups excluding carboxylic acids is 2. The smallest absolute Gasteiger partial charge is 0.410 e. The van der Waals surface area contributed by atoms with Crippen LogP contribution in [0.25, 0.3) is 11.1 Å². The highest BCUT2D eigenvalue weighted by atomic mass is 16.6. The molecular weight excluding hydrogens is 414 g/mol. The van der Waals surface area contributed by atoms with Crippen molar-refractivity contribution in [1.29, 1.82) is 0 Å². The first-order valence-electron chi connectivity index (χ1n) is 12.3. The Balaban J connectivity index is 1.34. The van der Waals surface area contributed by atoms with Gasteiger partial charge in [-0.1, -0.05) is 75.2 Å². The van der Waals surface area contributed by atoms with E-state index >= 15 is 0 Å². The summed E-state index contributed by atoms with van der Waals surface area (Å²) in [5.74, 6) is 0.348. The molecule has 33 heavy (non-hydrogen) atoms. The summed E-state index contributed by atoms with van der Waals surface area (Å²) in [5.41, 5.74) is 4.79. The molecular formula is C28H33NO4. The molecule has 5 rings (SSSR count). The van der Waals surface area contributed by atoms with Gasteiger partial charge < -0.3 is 9.47 Å². The van der Waals surface area contributed by atoms with E-state index in [1.807, 2.05) is 38.1 Å². The lowest BCUT2D eigenvalue weighted by Crippen LogP contribution is -2.47. The Hall–Kier alpha value is -2.82. The Labute approximate surface area is 196 Å². The third-order valence-corrected chi connectivity index (χ3v) is 7.47. The zero-order chi connectivity index (χ0) is 22.9. The number of benzene rings is 2. The van der Waals surface area contributed by atoms with Gasteiger partial charge in [-0.3, -0.25) is 4.90 Å². The van der Waals surface area contributed by atoms with E-state index in [1.54, 1.807) is 4.90 Å². The molecule has 0 radical (unpaired) electrons. The number of hydrogen-bond acceptors (Lipinski definition) is 4. The molecule has 174 valence electrons. The van der Waals surface area contributed by atoms with Crippen LogP contribution in [0.15, 0.2) is 48.5 Å². The van der Waals surface area contributed by atoms with Crippen molar-refractivity contribution in [2.75, 3.05) is 13.2 Å². The molecule has 1 saturated carbocycles. The normalized spacial score (nSPS) is 23.7. The van der Waals surface area contributed by atoms with Gasteiger partial charge in [0.25, 0.3) is 0 Å². The average Bonchev–Trinajstić information content (AvgIpc) is 3.37. The molecule has 3 atom stereocenters. The molecule has 5 nitrogen and oxygen atoms in total. The molecule has 0 aromatic heterocycles. The van der Waals surface area contributed by atoms with Crippen LogP contribution in [0.5, 0.6) is 0 Å². The van der Waals surface area contributed by atoms with Crippen LogP contribution in [-0.4, -0.2) is 42.3 Å². The summed E-state index contributed by atoms with van der Waals surface area (Å²) < 4.78 is 11.5. The maximum Gasteiger partial charge on any atom is 0.410 e. The lowest BCUT2D eigenvalue weighted by atomic mass is 9.85. The van der Waals surface area contributed by atoms with Gasteiger partial charge >= 0.3 is 12.1 Å². The highest BCUT2D eigenvalue weighted by Crippen LogP contribution is 2.45. The van der Waals surface area contributed by atoms with Crippen LogP contribution in [-0.2, 0) is 14.3 Å². The second-order valence-corrected chi connectivity index (χ2v) is 10.1. The van der Waals surface area contributed by atoms with E-state index in [-0.39, 0.29) is 36.5 Å². The van der Waals surface area contributed by atoms with Gasteiger partial charge in [-0.15, -0.1) is 0 Å². The number of carbonyl (C=O) groups is 2. The summed E-state index contributed by atoms with van der Waals surface area (Å²) in [6, 6.07) is 16.2. The molecule has 0 bridgehead atoms. The molecule has 3 unspecified atom stereocenters. The highest BCUT2D eigenvalue weighted by Gasteiger charge is 2.49. The SMILES string of the molecule is CC(C)COC(=O)C1CC2CCCCC2N1C(=O)OCC1c2ccccc2-c2ccccc21. The van der Waals surface area contributed by atoms with Gasteiger partial charge in [0.15, 0.2) is 0 Å². The summed E-state index contributed by atoms with van der Waals surface area (Å²) in [6.07, 6.45) is 4.55. The van der Waals surface area contributed by atoms with E-state index in [0.29, 0.717) is 18.9 Å². The van der Waals surface area contributed by atoms with E-state index in [4.69, 9.17) is 9.47 Å². The fraction of sp³-hybridized carbons (Fsp3) is 0.500. The van der Waals surface area contributed by atoms with Gasteiger partial charge in [0, 0.05) is 12.0 Å². The van der Waals surface area contributed by atoms with Crippen LogP contribution in [0.4, 0.5) is 4.79 Å². The van der Waals surface area contributed by atoms with Gasteiger partial charge in [0.05, 0.1) is 6.61 Å². The monoisotopic (exact) mass is 447 g/mol. The maximum atomic E-state index is 13.4. The first kappa shape index (κ1) is 22.0. The third kappa shape index (κ3) is 4.14. The number of rotatable bonds is 5. The predicted octanol–water partition coefficient (Wildman–Crippen LogP) is 5.77. The van der Waals surface area contributed by atoms with Crippen molar-refractivity contribution in [3.05, 3.63) is 59.7 Å². The molecule has 1 aliphatic heterocycles. The van der Waals surface area contributed by atoms with E-state index in [2.05, 4.69) is 24.3 Å². The van der Waals surface area contributed by atoms with E-state index in [1.165, 1.54) is 22.3 Å². The zero-order valence-electron chi connectivity index (χ0n) is 19.5. The standard InChI is InChI=1S/C28H33NO4/c1-18(2)16-32-27(30)26-15-19-9-3-8-14-25(19)29(26)28(31)33-17-24-22-12-6-4-10-20(22)21-11-5-7-13-23(21)24/h4-7,10-13,18-19,24-26H,3,8-9,14-17H2,1-2H3. The molecule has 1 amide bonds. The van der Waals surface area contributed by atoms with Gasteiger partial charge in [0.2, 0.25) is 0 Å². The number of likely N-dealkylation sites (tertiary alicyclic amines) is 1. The van der Waals surface area contributed by atoms with Crippen molar-refractivity contribution in [2.45, 2.75) is 64.0 Å². The largest absolute Gasteiger partial charge is 0.464 e. The van der Waals surface area contributed by atoms with E-state index < -0.39 is 6.04 Å². The van der Waals surface area contributed by atoms with Crippen molar-refractivity contribution in [2.24, 2.45) is 11.8 Å². The Kier molecular flexibility index (Phi) is 6.13. The zero-order valence-corrected chi connectivity index (χ0v) is 19.5. The molecule has 3 aliphatic rings. The molecule has 0 spiro atoms. The minimum absolute atomic E-state index is 0.0115. The van der Waals surface area contributed by atoms with Crippen LogP contribution >= 0.6 is 0 Å². The average molecular weight is 448 g/mol. The second-order valence-electron chi connectivity index (χ2n) is 10.1. The quantitative estimate of drug-likeness (QED) is 0.546. The topological polar surface area (TPSA) is 55.8 Å². The number of esters is 1. The molecule has 2 aromatic rings. The summed E-state index contributed by atoms with van der Waals surface area (Å²) >= 11 is 0.